The van der Waals surface area contributed by atoms with Crippen LogP contribution in [-0.4, -0.2) is 41.2 Å². The Labute approximate surface area is 130 Å². The summed E-state index contributed by atoms with van der Waals surface area (Å²) in [6, 6.07) is 1.99. The molecule has 1 aliphatic rings. The minimum Gasteiger partial charge on any atom is -0.333 e. The number of hydrogen-bond acceptors (Lipinski definition) is 6. The number of nitrogens with one attached hydrogen (secondary N) is 1. The molecule has 0 spiro atoms. The molecule has 0 radical (unpaired) electrons. The van der Waals surface area contributed by atoms with Crippen molar-refractivity contribution in [1.29, 1.82) is 0 Å². The molecule has 108 valence electrons. The van der Waals surface area contributed by atoms with Gasteiger partial charge < -0.3 is 9.84 Å². The number of thiophene rings is 1. The molecule has 1 N–H and O–H groups in total. The van der Waals surface area contributed by atoms with Gasteiger partial charge in [-0.25, -0.2) is 0 Å². The molecule has 20 heavy (non-hydrogen) atoms. The van der Waals surface area contributed by atoms with Crippen molar-refractivity contribution in [2.24, 2.45) is 0 Å². The van der Waals surface area contributed by atoms with Gasteiger partial charge in [-0.2, -0.15) is 4.98 Å². The molecular formula is C13H17BrN4OS. The first kappa shape index (κ1) is 14.2. The Morgan fingerprint density at radius 3 is 2.80 bits per heavy atom. The van der Waals surface area contributed by atoms with Crippen LogP contribution < -0.4 is 5.32 Å². The lowest BCUT2D eigenvalue weighted by Gasteiger charge is -2.38. The number of aromatic nitrogens is 2. The van der Waals surface area contributed by atoms with Gasteiger partial charge in [0.05, 0.1) is 5.54 Å². The molecule has 0 atom stereocenters. The molecule has 1 aliphatic heterocycles. The minimum atomic E-state index is -0.215. The van der Waals surface area contributed by atoms with Gasteiger partial charge in [0.25, 0.3) is 5.89 Å². The van der Waals surface area contributed by atoms with Gasteiger partial charge in [0, 0.05) is 30.7 Å². The van der Waals surface area contributed by atoms with E-state index in [-0.39, 0.29) is 5.54 Å². The second kappa shape index (κ2) is 5.55. The molecule has 0 aromatic carbocycles. The summed E-state index contributed by atoms with van der Waals surface area (Å²) in [7, 11) is 0. The Morgan fingerprint density at radius 1 is 1.40 bits per heavy atom. The van der Waals surface area contributed by atoms with Crippen molar-refractivity contribution in [3.8, 4) is 10.8 Å². The topological polar surface area (TPSA) is 54.2 Å². The average molecular weight is 357 g/mol. The second-order valence-electron chi connectivity index (χ2n) is 5.32. The van der Waals surface area contributed by atoms with E-state index >= 15 is 0 Å². The monoisotopic (exact) mass is 356 g/mol. The van der Waals surface area contributed by atoms with Crippen molar-refractivity contribution < 1.29 is 4.52 Å². The predicted molar refractivity (Wildman–Crippen MR) is 82.8 cm³/mol. The van der Waals surface area contributed by atoms with E-state index in [0.29, 0.717) is 5.89 Å². The van der Waals surface area contributed by atoms with Crippen molar-refractivity contribution in [1.82, 2.24) is 20.4 Å². The van der Waals surface area contributed by atoms with Gasteiger partial charge in [-0.05, 0) is 41.2 Å². The zero-order chi connectivity index (χ0) is 14.2. The Balaban J connectivity index is 1.87. The molecule has 1 fully saturated rings. The van der Waals surface area contributed by atoms with E-state index in [0.717, 1.165) is 41.4 Å². The molecule has 3 rings (SSSR count). The van der Waals surface area contributed by atoms with E-state index in [1.165, 1.54) is 0 Å². The third-order valence-corrected chi connectivity index (χ3v) is 5.52. The Bertz CT molecular complexity index is 589. The summed E-state index contributed by atoms with van der Waals surface area (Å²) < 4.78 is 6.44. The third kappa shape index (κ3) is 2.55. The first-order valence-electron chi connectivity index (χ1n) is 6.62. The standard InChI is InChI=1S/C13H17BrN4OS/c1-13(2,18-6-4-15-5-7-18)12-16-11(19-17-12)10-9(14)3-8-20-10/h3,8,15H,4-7H2,1-2H3. The number of piperazine rings is 1. The van der Waals surface area contributed by atoms with Crippen molar-refractivity contribution in [2.45, 2.75) is 19.4 Å². The summed E-state index contributed by atoms with van der Waals surface area (Å²) in [5.41, 5.74) is -0.215. The number of rotatable bonds is 3. The SMILES string of the molecule is CC(C)(c1noc(-c2sccc2Br)n1)N1CCNCC1. The van der Waals surface area contributed by atoms with Crippen LogP contribution in [0.4, 0.5) is 0 Å². The lowest BCUT2D eigenvalue weighted by atomic mass is 10.0. The molecule has 0 bridgehead atoms. The Morgan fingerprint density at radius 2 is 2.15 bits per heavy atom. The largest absolute Gasteiger partial charge is 0.333 e. The normalized spacial score (nSPS) is 17.6. The molecule has 2 aromatic heterocycles. The van der Waals surface area contributed by atoms with Crippen LogP contribution in [0.1, 0.15) is 19.7 Å². The van der Waals surface area contributed by atoms with Gasteiger partial charge in [-0.3, -0.25) is 4.90 Å². The highest BCUT2D eigenvalue weighted by molar-refractivity contribution is 9.10. The fraction of sp³-hybridized carbons (Fsp3) is 0.538. The highest BCUT2D eigenvalue weighted by Crippen LogP contribution is 2.34. The maximum absolute atomic E-state index is 5.44. The summed E-state index contributed by atoms with van der Waals surface area (Å²) in [6.45, 7) is 8.31. The van der Waals surface area contributed by atoms with Crippen LogP contribution in [0.3, 0.4) is 0 Å². The lowest BCUT2D eigenvalue weighted by molar-refractivity contribution is 0.0925. The van der Waals surface area contributed by atoms with E-state index in [1.807, 2.05) is 11.4 Å². The highest BCUT2D eigenvalue weighted by atomic mass is 79.9. The third-order valence-electron chi connectivity index (χ3n) is 3.69. The van der Waals surface area contributed by atoms with Gasteiger partial charge in [0.1, 0.15) is 4.88 Å². The smallest absolute Gasteiger partial charge is 0.269 e. The van der Waals surface area contributed by atoms with E-state index < -0.39 is 0 Å². The van der Waals surface area contributed by atoms with E-state index in [4.69, 9.17) is 4.52 Å². The molecule has 0 saturated carbocycles. The van der Waals surface area contributed by atoms with Crippen molar-refractivity contribution >= 4 is 27.3 Å². The van der Waals surface area contributed by atoms with Crippen LogP contribution in [0.15, 0.2) is 20.4 Å². The molecule has 0 unspecified atom stereocenters. The van der Waals surface area contributed by atoms with Crippen LogP contribution in [-0.2, 0) is 5.54 Å². The lowest BCUT2D eigenvalue weighted by Crippen LogP contribution is -2.52. The zero-order valence-electron chi connectivity index (χ0n) is 11.5. The van der Waals surface area contributed by atoms with Gasteiger partial charge in [0.2, 0.25) is 0 Å². The summed E-state index contributed by atoms with van der Waals surface area (Å²) >= 11 is 5.10. The summed E-state index contributed by atoms with van der Waals surface area (Å²) in [5, 5.41) is 9.57. The Kier molecular flexibility index (Phi) is 3.94. The number of nitrogens with zero attached hydrogens (tertiary/aromatic N) is 3. The fourth-order valence-electron chi connectivity index (χ4n) is 2.38. The van der Waals surface area contributed by atoms with Gasteiger partial charge in [-0.1, -0.05) is 5.16 Å². The van der Waals surface area contributed by atoms with E-state index in [2.05, 4.69) is 50.1 Å². The molecule has 3 heterocycles. The van der Waals surface area contributed by atoms with Crippen molar-refractivity contribution in [3.05, 3.63) is 21.7 Å². The Hall–Kier alpha value is -0.760. The summed E-state index contributed by atoms with van der Waals surface area (Å²) in [5.74, 6) is 1.33. The molecule has 0 aliphatic carbocycles. The molecule has 0 amide bonds. The molecule has 1 saturated heterocycles. The van der Waals surface area contributed by atoms with Crippen LogP contribution in [0.2, 0.25) is 0 Å². The summed E-state index contributed by atoms with van der Waals surface area (Å²) in [6.07, 6.45) is 0. The van der Waals surface area contributed by atoms with Gasteiger partial charge in [0.15, 0.2) is 5.82 Å². The predicted octanol–water partition coefficient (Wildman–Crippen LogP) is 2.70. The number of hydrogen-bond donors (Lipinski definition) is 1. The number of halogens is 1. The van der Waals surface area contributed by atoms with Gasteiger partial charge >= 0.3 is 0 Å². The molecule has 5 nitrogen and oxygen atoms in total. The quantitative estimate of drug-likeness (QED) is 0.916. The molecule has 2 aromatic rings. The van der Waals surface area contributed by atoms with Crippen LogP contribution in [0.25, 0.3) is 10.8 Å². The van der Waals surface area contributed by atoms with E-state index in [9.17, 15) is 0 Å². The summed E-state index contributed by atoms with van der Waals surface area (Å²) in [4.78, 5) is 7.98. The zero-order valence-corrected chi connectivity index (χ0v) is 13.9. The van der Waals surface area contributed by atoms with Crippen LogP contribution >= 0.6 is 27.3 Å². The highest BCUT2D eigenvalue weighted by Gasteiger charge is 2.34. The fourth-order valence-corrected chi connectivity index (χ4v) is 3.84. The maximum atomic E-state index is 5.44. The first-order chi connectivity index (χ1) is 9.59. The van der Waals surface area contributed by atoms with Crippen LogP contribution in [0.5, 0.6) is 0 Å². The maximum Gasteiger partial charge on any atom is 0.269 e. The minimum absolute atomic E-state index is 0.215. The molecular weight excluding hydrogens is 340 g/mol. The van der Waals surface area contributed by atoms with Crippen molar-refractivity contribution in [3.63, 3.8) is 0 Å². The average Bonchev–Trinajstić information content (AvgIpc) is 3.08. The van der Waals surface area contributed by atoms with Crippen LogP contribution in [0, 0.1) is 0 Å². The molecule has 7 heteroatoms. The second-order valence-corrected chi connectivity index (χ2v) is 7.09. The van der Waals surface area contributed by atoms with E-state index in [1.54, 1.807) is 11.3 Å². The van der Waals surface area contributed by atoms with Gasteiger partial charge in [-0.15, -0.1) is 11.3 Å². The van der Waals surface area contributed by atoms with Crippen molar-refractivity contribution in [2.75, 3.05) is 26.2 Å². The first-order valence-corrected chi connectivity index (χ1v) is 8.29.